The fourth-order valence-corrected chi connectivity index (χ4v) is 2.18. The van der Waals surface area contributed by atoms with Gasteiger partial charge in [0.2, 0.25) is 5.91 Å². The van der Waals surface area contributed by atoms with E-state index >= 15 is 0 Å². The first-order chi connectivity index (χ1) is 10.7. The number of fused-ring (bicyclic) bond motifs is 1. The first-order valence-electron chi connectivity index (χ1n) is 6.46. The first kappa shape index (κ1) is 14.1. The van der Waals surface area contributed by atoms with Crippen molar-refractivity contribution in [3.63, 3.8) is 0 Å². The monoisotopic (exact) mass is 313 g/mol. The van der Waals surface area contributed by atoms with Crippen LogP contribution in [0.15, 0.2) is 55.3 Å². The van der Waals surface area contributed by atoms with Gasteiger partial charge in [-0.05, 0) is 24.3 Å². The highest BCUT2D eigenvalue weighted by Crippen LogP contribution is 2.22. The Hall–Kier alpha value is -2.86. The quantitative estimate of drug-likeness (QED) is 0.573. The Morgan fingerprint density at radius 3 is 2.91 bits per heavy atom. The second-order valence-electron chi connectivity index (χ2n) is 4.46. The number of hydrogen-bond acceptors (Lipinski definition) is 4. The number of amides is 1. The Morgan fingerprint density at radius 1 is 1.27 bits per heavy atom. The molecule has 2 heterocycles. The molecule has 1 aromatic carbocycles. The molecule has 2 N–H and O–H groups in total. The van der Waals surface area contributed by atoms with Crippen molar-refractivity contribution < 1.29 is 4.79 Å². The van der Waals surface area contributed by atoms with Gasteiger partial charge in [0.15, 0.2) is 5.65 Å². The Balaban J connectivity index is 1.91. The topological polar surface area (TPSA) is 71.3 Å². The highest BCUT2D eigenvalue weighted by atomic mass is 35.5. The summed E-state index contributed by atoms with van der Waals surface area (Å²) in [7, 11) is 0. The van der Waals surface area contributed by atoms with Crippen LogP contribution >= 0.6 is 11.6 Å². The number of benzene rings is 1. The fraction of sp³-hybridized carbons (Fsp3) is 0. The molecule has 0 unspecified atom stereocenters. The van der Waals surface area contributed by atoms with E-state index in [9.17, 15) is 4.79 Å². The number of aromatic nitrogens is 3. The zero-order valence-electron chi connectivity index (χ0n) is 11.5. The minimum absolute atomic E-state index is 0.265. The summed E-state index contributed by atoms with van der Waals surface area (Å²) in [5, 5.41) is 10.5. The predicted octanol–water partition coefficient (Wildman–Crippen LogP) is 3.25. The minimum Gasteiger partial charge on any atom is -0.340 e. The van der Waals surface area contributed by atoms with Crippen LogP contribution in [0.4, 0.5) is 17.2 Å². The summed E-state index contributed by atoms with van der Waals surface area (Å²) in [5.41, 5.74) is 2.08. The van der Waals surface area contributed by atoms with Crippen molar-refractivity contribution in [3.8, 4) is 0 Å². The summed E-state index contributed by atoms with van der Waals surface area (Å²) in [4.78, 5) is 15.5. The molecule has 2 aromatic heterocycles. The molecule has 6 nitrogen and oxygen atoms in total. The molecule has 110 valence electrons. The second kappa shape index (κ2) is 5.87. The maximum absolute atomic E-state index is 11.3. The molecule has 7 heteroatoms. The molecule has 0 saturated carbocycles. The van der Waals surface area contributed by atoms with Crippen molar-refractivity contribution in [2.45, 2.75) is 0 Å². The molecular formula is C15H12ClN5O. The van der Waals surface area contributed by atoms with Gasteiger partial charge >= 0.3 is 0 Å². The first-order valence-corrected chi connectivity index (χ1v) is 6.84. The molecule has 0 bridgehead atoms. The summed E-state index contributed by atoms with van der Waals surface area (Å²) in [6, 6.07) is 10.7. The highest BCUT2D eigenvalue weighted by Gasteiger charge is 2.06. The van der Waals surface area contributed by atoms with Gasteiger partial charge in [0.1, 0.15) is 11.0 Å². The number of hydrogen-bond donors (Lipinski definition) is 2. The van der Waals surface area contributed by atoms with Crippen molar-refractivity contribution in [1.29, 1.82) is 0 Å². The average Bonchev–Trinajstić information content (AvgIpc) is 2.95. The predicted molar refractivity (Wildman–Crippen MR) is 86.5 cm³/mol. The van der Waals surface area contributed by atoms with Crippen LogP contribution in [-0.4, -0.2) is 20.5 Å². The van der Waals surface area contributed by atoms with E-state index in [0.29, 0.717) is 22.3 Å². The molecule has 0 atom stereocenters. The van der Waals surface area contributed by atoms with E-state index in [1.165, 1.54) is 6.08 Å². The summed E-state index contributed by atoms with van der Waals surface area (Å²) in [6.07, 6.45) is 2.86. The molecule has 0 aliphatic carbocycles. The molecule has 3 rings (SSSR count). The average molecular weight is 314 g/mol. The van der Waals surface area contributed by atoms with Crippen LogP contribution < -0.4 is 10.6 Å². The van der Waals surface area contributed by atoms with Crippen LogP contribution in [0.1, 0.15) is 0 Å². The molecule has 0 spiro atoms. The summed E-state index contributed by atoms with van der Waals surface area (Å²) in [5.74, 6) is 0.408. The van der Waals surface area contributed by atoms with Gasteiger partial charge in [0.05, 0.1) is 6.20 Å². The third kappa shape index (κ3) is 2.91. The zero-order chi connectivity index (χ0) is 15.5. The van der Waals surface area contributed by atoms with E-state index in [1.807, 2.05) is 12.1 Å². The maximum Gasteiger partial charge on any atom is 0.247 e. The summed E-state index contributed by atoms with van der Waals surface area (Å²) < 4.78 is 1.64. The second-order valence-corrected chi connectivity index (χ2v) is 4.85. The SMILES string of the molecule is C=CC(=O)Nc1cccc(Nc2cc(Cl)nc3ccnn23)c1. The Morgan fingerprint density at radius 2 is 2.09 bits per heavy atom. The molecule has 0 saturated heterocycles. The molecular weight excluding hydrogens is 302 g/mol. The lowest BCUT2D eigenvalue weighted by Gasteiger charge is -2.10. The van der Waals surface area contributed by atoms with Gasteiger partial charge in [-0.3, -0.25) is 4.79 Å². The number of carbonyl (C=O) groups is 1. The number of halogens is 1. The van der Waals surface area contributed by atoms with E-state index in [0.717, 1.165) is 5.69 Å². The van der Waals surface area contributed by atoms with Gasteiger partial charge in [0.25, 0.3) is 0 Å². The van der Waals surface area contributed by atoms with Crippen LogP contribution in [0.5, 0.6) is 0 Å². The lowest BCUT2D eigenvalue weighted by Crippen LogP contribution is -2.07. The van der Waals surface area contributed by atoms with Crippen LogP contribution in [0.25, 0.3) is 5.65 Å². The Bertz CT molecular complexity index is 858. The summed E-state index contributed by atoms with van der Waals surface area (Å²) in [6.45, 7) is 3.42. The number of anilines is 3. The van der Waals surface area contributed by atoms with E-state index in [2.05, 4.69) is 27.3 Å². The number of rotatable bonds is 4. The largest absolute Gasteiger partial charge is 0.340 e. The van der Waals surface area contributed by atoms with Crippen molar-refractivity contribution >= 4 is 40.3 Å². The zero-order valence-corrected chi connectivity index (χ0v) is 12.2. The molecule has 3 aromatic rings. The molecule has 0 aliphatic rings. The van der Waals surface area contributed by atoms with E-state index in [4.69, 9.17) is 11.6 Å². The van der Waals surface area contributed by atoms with Crippen molar-refractivity contribution in [2.24, 2.45) is 0 Å². The van der Waals surface area contributed by atoms with Crippen LogP contribution in [0, 0.1) is 0 Å². The standard InChI is InChI=1S/C15H12ClN5O/c1-2-15(22)19-11-5-3-4-10(8-11)18-14-9-12(16)20-13-6-7-17-21(13)14/h2-9,18H,1H2,(H,19,22). The van der Waals surface area contributed by atoms with Gasteiger partial charge in [-0.2, -0.15) is 9.61 Å². The normalized spacial score (nSPS) is 10.4. The smallest absolute Gasteiger partial charge is 0.247 e. The van der Waals surface area contributed by atoms with Gasteiger partial charge in [-0.25, -0.2) is 4.98 Å². The molecule has 0 radical (unpaired) electrons. The lowest BCUT2D eigenvalue weighted by atomic mass is 10.2. The maximum atomic E-state index is 11.3. The Kier molecular flexibility index (Phi) is 3.76. The molecule has 0 aliphatic heterocycles. The third-order valence-corrected chi connectivity index (χ3v) is 3.11. The molecule has 22 heavy (non-hydrogen) atoms. The number of nitrogens with zero attached hydrogens (tertiary/aromatic N) is 3. The van der Waals surface area contributed by atoms with Crippen LogP contribution in [-0.2, 0) is 4.79 Å². The third-order valence-electron chi connectivity index (χ3n) is 2.92. The number of carbonyl (C=O) groups excluding carboxylic acids is 1. The molecule has 1 amide bonds. The van der Waals surface area contributed by atoms with Crippen molar-refractivity contribution in [2.75, 3.05) is 10.6 Å². The lowest BCUT2D eigenvalue weighted by molar-refractivity contribution is -0.111. The van der Waals surface area contributed by atoms with Gasteiger partial charge in [-0.1, -0.05) is 24.2 Å². The van der Waals surface area contributed by atoms with Gasteiger partial charge in [0, 0.05) is 23.5 Å². The fourth-order valence-electron chi connectivity index (χ4n) is 1.99. The Labute approximate surface area is 131 Å². The van der Waals surface area contributed by atoms with Crippen molar-refractivity contribution in [1.82, 2.24) is 14.6 Å². The summed E-state index contributed by atoms with van der Waals surface area (Å²) >= 11 is 6.01. The number of nitrogens with one attached hydrogen (secondary N) is 2. The highest BCUT2D eigenvalue weighted by molar-refractivity contribution is 6.29. The van der Waals surface area contributed by atoms with E-state index < -0.39 is 0 Å². The van der Waals surface area contributed by atoms with Gasteiger partial charge in [-0.15, -0.1) is 0 Å². The van der Waals surface area contributed by atoms with Crippen LogP contribution in [0.2, 0.25) is 5.15 Å². The minimum atomic E-state index is -0.265. The van der Waals surface area contributed by atoms with Crippen LogP contribution in [0.3, 0.4) is 0 Å². The van der Waals surface area contributed by atoms with E-state index in [-0.39, 0.29) is 5.91 Å². The molecule has 0 fully saturated rings. The van der Waals surface area contributed by atoms with Gasteiger partial charge < -0.3 is 10.6 Å². The van der Waals surface area contributed by atoms with Crippen molar-refractivity contribution in [3.05, 3.63) is 60.4 Å². The van der Waals surface area contributed by atoms with E-state index in [1.54, 1.807) is 35.0 Å².